The van der Waals surface area contributed by atoms with Crippen LogP contribution in [0, 0.1) is 11.8 Å². The topological polar surface area (TPSA) is 191 Å². The Labute approximate surface area is 205 Å². The third kappa shape index (κ3) is 9.91. The van der Waals surface area contributed by atoms with E-state index in [1.54, 1.807) is 26.0 Å². The van der Waals surface area contributed by atoms with Crippen molar-refractivity contribution in [3.05, 3.63) is 29.8 Å². The van der Waals surface area contributed by atoms with E-state index in [-0.39, 0.29) is 24.5 Å². The number of aliphatic hydroxyl groups is 1. The molecule has 35 heavy (non-hydrogen) atoms. The van der Waals surface area contributed by atoms with Gasteiger partial charge in [-0.05, 0) is 42.9 Å². The number of hydrogen-bond donors (Lipinski definition) is 7. The maximum atomic E-state index is 13.0. The molecule has 5 unspecified atom stereocenters. The molecule has 0 aliphatic carbocycles. The molecule has 196 valence electrons. The quantitative estimate of drug-likeness (QED) is 0.197. The Kier molecular flexibility index (Phi) is 11.6. The van der Waals surface area contributed by atoms with Crippen molar-refractivity contribution in [2.24, 2.45) is 17.6 Å². The van der Waals surface area contributed by atoms with Crippen molar-refractivity contribution in [3.63, 3.8) is 0 Å². The van der Waals surface area contributed by atoms with E-state index in [0.717, 1.165) is 0 Å². The number of aliphatic hydroxyl groups excluding tert-OH is 1. The van der Waals surface area contributed by atoms with E-state index in [1.807, 2.05) is 13.8 Å². The number of benzene rings is 1. The fourth-order valence-electron chi connectivity index (χ4n) is 3.31. The summed E-state index contributed by atoms with van der Waals surface area (Å²) in [4.78, 5) is 50.1. The maximum Gasteiger partial charge on any atom is 0.326 e. The summed E-state index contributed by atoms with van der Waals surface area (Å²) in [7, 11) is 0. The van der Waals surface area contributed by atoms with Gasteiger partial charge in [-0.1, -0.05) is 39.8 Å². The second-order valence-corrected chi connectivity index (χ2v) is 9.46. The van der Waals surface area contributed by atoms with Crippen LogP contribution in [0.3, 0.4) is 0 Å². The number of hydrogen-bond acceptors (Lipinski definition) is 7. The first-order valence-corrected chi connectivity index (χ1v) is 11.6. The lowest BCUT2D eigenvalue weighted by Gasteiger charge is -2.28. The minimum atomic E-state index is -1.26. The first kappa shape index (κ1) is 29.9. The Morgan fingerprint density at radius 3 is 1.86 bits per heavy atom. The standard InChI is InChI=1S/C24H38N4O7/c1-12(2)10-17(26-22(32)19(25)14(5)29)21(31)28-20(13(3)4)23(33)27-18(24(34)35)11-15-6-8-16(30)9-7-15/h6-9,12-14,17-20,29-30H,10-11,25H2,1-5H3,(H,26,32)(H,27,33)(H,28,31)(H,34,35). The molecule has 1 aromatic rings. The van der Waals surface area contributed by atoms with Gasteiger partial charge in [-0.15, -0.1) is 0 Å². The van der Waals surface area contributed by atoms with Crippen LogP contribution in [0.1, 0.15) is 46.6 Å². The first-order valence-electron chi connectivity index (χ1n) is 11.6. The van der Waals surface area contributed by atoms with Gasteiger partial charge in [0.25, 0.3) is 0 Å². The number of rotatable bonds is 13. The largest absolute Gasteiger partial charge is 0.508 e. The molecule has 0 saturated carbocycles. The van der Waals surface area contributed by atoms with Gasteiger partial charge < -0.3 is 37.0 Å². The molecule has 0 saturated heterocycles. The van der Waals surface area contributed by atoms with Crippen LogP contribution in [-0.4, -0.2) is 69.3 Å². The summed E-state index contributed by atoms with van der Waals surface area (Å²) < 4.78 is 0. The second kappa shape index (κ2) is 13.6. The number of amides is 3. The van der Waals surface area contributed by atoms with Gasteiger partial charge in [0.05, 0.1) is 6.10 Å². The van der Waals surface area contributed by atoms with Gasteiger partial charge in [0, 0.05) is 6.42 Å². The highest BCUT2D eigenvalue weighted by atomic mass is 16.4. The predicted octanol–water partition coefficient (Wildman–Crippen LogP) is -0.116. The smallest absolute Gasteiger partial charge is 0.326 e. The minimum absolute atomic E-state index is 0.0156. The predicted molar refractivity (Wildman–Crippen MR) is 129 cm³/mol. The molecule has 0 bridgehead atoms. The number of nitrogens with two attached hydrogens (primary N) is 1. The van der Waals surface area contributed by atoms with Crippen LogP contribution in [0.15, 0.2) is 24.3 Å². The number of carbonyl (C=O) groups is 4. The van der Waals surface area contributed by atoms with E-state index in [2.05, 4.69) is 16.0 Å². The third-order valence-corrected chi connectivity index (χ3v) is 5.40. The van der Waals surface area contributed by atoms with Gasteiger partial charge >= 0.3 is 5.97 Å². The van der Waals surface area contributed by atoms with Crippen LogP contribution >= 0.6 is 0 Å². The highest BCUT2D eigenvalue weighted by Crippen LogP contribution is 2.13. The highest BCUT2D eigenvalue weighted by Gasteiger charge is 2.32. The van der Waals surface area contributed by atoms with Crippen molar-refractivity contribution >= 4 is 23.7 Å². The molecule has 0 radical (unpaired) electrons. The van der Waals surface area contributed by atoms with Crippen LogP contribution in [0.5, 0.6) is 5.75 Å². The average molecular weight is 495 g/mol. The van der Waals surface area contributed by atoms with Crippen molar-refractivity contribution in [3.8, 4) is 5.75 Å². The fourth-order valence-corrected chi connectivity index (χ4v) is 3.31. The molecule has 0 heterocycles. The average Bonchev–Trinajstić information content (AvgIpc) is 2.76. The van der Waals surface area contributed by atoms with E-state index in [1.165, 1.54) is 19.1 Å². The molecule has 8 N–H and O–H groups in total. The number of carbonyl (C=O) groups excluding carboxylic acids is 3. The Bertz CT molecular complexity index is 871. The molecule has 1 rings (SSSR count). The van der Waals surface area contributed by atoms with Crippen LogP contribution in [0.25, 0.3) is 0 Å². The molecular weight excluding hydrogens is 456 g/mol. The number of aliphatic carboxylic acids is 1. The van der Waals surface area contributed by atoms with Crippen molar-refractivity contribution in [1.82, 2.24) is 16.0 Å². The molecule has 0 aliphatic heterocycles. The molecule has 0 aliphatic rings. The summed E-state index contributed by atoms with van der Waals surface area (Å²) in [6, 6.07) is 1.37. The summed E-state index contributed by atoms with van der Waals surface area (Å²) in [5, 5.41) is 36.2. The van der Waals surface area contributed by atoms with E-state index in [0.29, 0.717) is 5.56 Å². The Hall–Kier alpha value is -3.18. The number of aromatic hydroxyl groups is 1. The van der Waals surface area contributed by atoms with Crippen molar-refractivity contribution in [1.29, 1.82) is 0 Å². The highest BCUT2D eigenvalue weighted by molar-refractivity contribution is 5.94. The van der Waals surface area contributed by atoms with E-state index in [9.17, 15) is 34.5 Å². The van der Waals surface area contributed by atoms with E-state index < -0.39 is 59.9 Å². The lowest BCUT2D eigenvalue weighted by Crippen LogP contribution is -2.59. The molecule has 3 amide bonds. The maximum absolute atomic E-state index is 13.0. The minimum Gasteiger partial charge on any atom is -0.508 e. The summed E-state index contributed by atoms with van der Waals surface area (Å²) in [6.45, 7) is 8.46. The summed E-state index contributed by atoms with van der Waals surface area (Å²) >= 11 is 0. The molecule has 1 aromatic carbocycles. The molecule has 0 spiro atoms. The summed E-state index contributed by atoms with van der Waals surface area (Å²) in [5.74, 6) is -3.61. The summed E-state index contributed by atoms with van der Waals surface area (Å²) in [6.07, 6.45) is -0.883. The van der Waals surface area contributed by atoms with Gasteiger partial charge in [-0.3, -0.25) is 14.4 Å². The SMILES string of the molecule is CC(C)CC(NC(=O)C(N)C(C)O)C(=O)NC(C(=O)NC(Cc1ccc(O)cc1)C(=O)O)C(C)C. The van der Waals surface area contributed by atoms with Gasteiger partial charge in [0.2, 0.25) is 17.7 Å². The van der Waals surface area contributed by atoms with Gasteiger partial charge in [0.1, 0.15) is 29.9 Å². The van der Waals surface area contributed by atoms with Crippen LogP contribution in [-0.2, 0) is 25.6 Å². The second-order valence-electron chi connectivity index (χ2n) is 9.46. The number of nitrogens with one attached hydrogen (secondary N) is 3. The molecule has 11 heteroatoms. The molecule has 5 atom stereocenters. The van der Waals surface area contributed by atoms with E-state index in [4.69, 9.17) is 5.73 Å². The van der Waals surface area contributed by atoms with Crippen LogP contribution in [0.2, 0.25) is 0 Å². The number of carboxylic acids is 1. The third-order valence-electron chi connectivity index (χ3n) is 5.40. The van der Waals surface area contributed by atoms with Crippen molar-refractivity contribution < 1.29 is 34.5 Å². The first-order chi connectivity index (χ1) is 16.2. The van der Waals surface area contributed by atoms with Crippen molar-refractivity contribution in [2.45, 2.75) is 77.7 Å². The number of carboxylic acid groups (broad SMARTS) is 1. The van der Waals surface area contributed by atoms with Crippen molar-refractivity contribution in [2.75, 3.05) is 0 Å². The monoisotopic (exact) mass is 494 g/mol. The molecule has 11 nitrogen and oxygen atoms in total. The Balaban J connectivity index is 2.98. The molecule has 0 aromatic heterocycles. The van der Waals surface area contributed by atoms with Crippen LogP contribution < -0.4 is 21.7 Å². The zero-order valence-electron chi connectivity index (χ0n) is 20.8. The lowest BCUT2D eigenvalue weighted by atomic mass is 9.98. The molecular formula is C24H38N4O7. The summed E-state index contributed by atoms with van der Waals surface area (Å²) in [5.41, 5.74) is 6.26. The normalized spacial score (nSPS) is 15.6. The lowest BCUT2D eigenvalue weighted by molar-refractivity contribution is -0.142. The Morgan fingerprint density at radius 2 is 1.40 bits per heavy atom. The number of phenols is 1. The fraction of sp³-hybridized carbons (Fsp3) is 0.583. The zero-order valence-corrected chi connectivity index (χ0v) is 20.8. The Morgan fingerprint density at radius 1 is 0.857 bits per heavy atom. The van der Waals surface area contributed by atoms with Gasteiger partial charge in [-0.2, -0.15) is 0 Å². The van der Waals surface area contributed by atoms with Crippen LogP contribution in [0.4, 0.5) is 0 Å². The van der Waals surface area contributed by atoms with Gasteiger partial charge in [0.15, 0.2) is 0 Å². The number of phenolic OH excluding ortho intramolecular Hbond substituents is 1. The van der Waals surface area contributed by atoms with Gasteiger partial charge in [-0.25, -0.2) is 4.79 Å². The molecule has 0 fully saturated rings. The van der Waals surface area contributed by atoms with E-state index >= 15 is 0 Å². The zero-order chi connectivity index (χ0) is 26.9.